The maximum absolute atomic E-state index is 3.40. The first-order chi connectivity index (χ1) is 8.93. The normalized spacial score (nSPS) is 13.5. The average molecular weight is 279 g/mol. The molecule has 1 nitrogen and oxygen atoms in total. The number of thioether (sulfide) groups is 1. The smallest absolute Gasteiger partial charge is 0.0417 e. The molecular weight excluding hydrogens is 250 g/mol. The van der Waals surface area contributed by atoms with Gasteiger partial charge in [0.05, 0.1) is 0 Å². The molecule has 1 aromatic carbocycles. The summed E-state index contributed by atoms with van der Waals surface area (Å²) in [6.07, 6.45) is 4.58. The highest BCUT2D eigenvalue weighted by molar-refractivity contribution is 7.98. The van der Waals surface area contributed by atoms with Crippen molar-refractivity contribution in [3.8, 4) is 0 Å². The highest BCUT2D eigenvalue weighted by Crippen LogP contribution is 2.29. The maximum atomic E-state index is 3.40. The van der Waals surface area contributed by atoms with Crippen LogP contribution in [0.4, 0.5) is 0 Å². The second-order valence-electron chi connectivity index (χ2n) is 6.48. The minimum Gasteiger partial charge on any atom is -0.304 e. The number of rotatable bonds is 7. The molecule has 1 atom stereocenters. The molecule has 0 saturated heterocycles. The summed E-state index contributed by atoms with van der Waals surface area (Å²) >= 11 is 1.83. The SMILES string of the molecule is CSCNCc1ccc(CCC(C)C(C)(C)C)cc1. The van der Waals surface area contributed by atoms with Gasteiger partial charge in [-0.25, -0.2) is 0 Å². The van der Waals surface area contributed by atoms with Crippen LogP contribution in [0.15, 0.2) is 24.3 Å². The van der Waals surface area contributed by atoms with E-state index in [4.69, 9.17) is 0 Å². The molecule has 0 radical (unpaired) electrons. The van der Waals surface area contributed by atoms with E-state index >= 15 is 0 Å². The molecule has 0 spiro atoms. The van der Waals surface area contributed by atoms with E-state index in [2.05, 4.69) is 63.5 Å². The first-order valence-electron chi connectivity index (χ1n) is 7.21. The van der Waals surface area contributed by atoms with Gasteiger partial charge in [-0.2, -0.15) is 0 Å². The first kappa shape index (κ1) is 16.6. The van der Waals surface area contributed by atoms with E-state index in [1.54, 1.807) is 0 Å². The van der Waals surface area contributed by atoms with Crippen LogP contribution in [0.1, 0.15) is 45.2 Å². The fraction of sp³-hybridized carbons (Fsp3) is 0.647. The van der Waals surface area contributed by atoms with E-state index in [-0.39, 0.29) is 0 Å². The molecule has 108 valence electrons. The largest absolute Gasteiger partial charge is 0.304 e. The third kappa shape index (κ3) is 6.49. The van der Waals surface area contributed by atoms with Gasteiger partial charge in [-0.3, -0.25) is 0 Å². The Labute approximate surface area is 123 Å². The minimum absolute atomic E-state index is 0.418. The van der Waals surface area contributed by atoms with E-state index < -0.39 is 0 Å². The standard InChI is InChI=1S/C17H29NS/c1-14(17(2,3)4)6-7-15-8-10-16(11-9-15)12-18-13-19-5/h8-11,14,18H,6-7,12-13H2,1-5H3. The quantitative estimate of drug-likeness (QED) is 0.573. The van der Waals surface area contributed by atoms with Crippen molar-refractivity contribution in [2.24, 2.45) is 11.3 Å². The fourth-order valence-electron chi connectivity index (χ4n) is 1.94. The van der Waals surface area contributed by atoms with Gasteiger partial charge in [-0.15, -0.1) is 11.8 Å². The molecule has 0 bridgehead atoms. The van der Waals surface area contributed by atoms with Gasteiger partial charge in [0.25, 0.3) is 0 Å². The Kier molecular flexibility index (Phi) is 6.95. The fourth-order valence-corrected chi connectivity index (χ4v) is 2.24. The lowest BCUT2D eigenvalue weighted by atomic mass is 9.79. The van der Waals surface area contributed by atoms with Gasteiger partial charge in [-0.05, 0) is 41.6 Å². The number of nitrogens with one attached hydrogen (secondary N) is 1. The van der Waals surface area contributed by atoms with Crippen molar-refractivity contribution in [1.82, 2.24) is 5.32 Å². The van der Waals surface area contributed by atoms with Gasteiger partial charge < -0.3 is 5.32 Å². The van der Waals surface area contributed by atoms with Crippen molar-refractivity contribution < 1.29 is 0 Å². The van der Waals surface area contributed by atoms with Gasteiger partial charge >= 0.3 is 0 Å². The summed E-state index contributed by atoms with van der Waals surface area (Å²) in [5, 5.41) is 3.40. The molecule has 1 aromatic rings. The summed E-state index contributed by atoms with van der Waals surface area (Å²) in [7, 11) is 0. The monoisotopic (exact) mass is 279 g/mol. The van der Waals surface area contributed by atoms with Crippen LogP contribution in [0, 0.1) is 11.3 Å². The number of aryl methyl sites for hydroxylation is 1. The summed E-state index contributed by atoms with van der Waals surface area (Å²) < 4.78 is 0. The Balaban J connectivity index is 2.40. The van der Waals surface area contributed by atoms with Crippen LogP contribution in [-0.4, -0.2) is 12.1 Å². The molecule has 0 aliphatic carbocycles. The number of benzene rings is 1. The van der Waals surface area contributed by atoms with E-state index in [9.17, 15) is 0 Å². The van der Waals surface area contributed by atoms with Crippen LogP contribution >= 0.6 is 11.8 Å². The van der Waals surface area contributed by atoms with Crippen molar-refractivity contribution in [2.75, 3.05) is 12.1 Å². The summed E-state index contributed by atoms with van der Waals surface area (Å²) in [4.78, 5) is 0. The summed E-state index contributed by atoms with van der Waals surface area (Å²) in [5.74, 6) is 1.78. The van der Waals surface area contributed by atoms with Gasteiger partial charge in [0.15, 0.2) is 0 Å². The maximum Gasteiger partial charge on any atom is 0.0417 e. The van der Waals surface area contributed by atoms with Crippen molar-refractivity contribution in [3.63, 3.8) is 0 Å². The van der Waals surface area contributed by atoms with Crippen molar-refractivity contribution in [2.45, 2.75) is 47.1 Å². The number of hydrogen-bond donors (Lipinski definition) is 1. The summed E-state index contributed by atoms with van der Waals surface area (Å²) in [6, 6.07) is 9.08. The molecule has 1 unspecified atom stereocenters. The predicted molar refractivity (Wildman–Crippen MR) is 88.6 cm³/mol. The van der Waals surface area contributed by atoms with Crippen LogP contribution in [0.25, 0.3) is 0 Å². The molecule has 0 amide bonds. The van der Waals surface area contributed by atoms with Gasteiger partial charge in [0.1, 0.15) is 0 Å². The zero-order valence-corrected chi connectivity index (χ0v) is 13.9. The molecule has 0 aromatic heterocycles. The Morgan fingerprint density at radius 1 is 1.11 bits per heavy atom. The molecule has 0 saturated carbocycles. The highest BCUT2D eigenvalue weighted by Gasteiger charge is 2.19. The lowest BCUT2D eigenvalue weighted by molar-refractivity contribution is 0.247. The molecular formula is C17H29NS. The van der Waals surface area contributed by atoms with Gasteiger partial charge in [0.2, 0.25) is 0 Å². The molecule has 1 rings (SSSR count). The minimum atomic E-state index is 0.418. The van der Waals surface area contributed by atoms with E-state index in [0.717, 1.165) is 18.3 Å². The summed E-state index contributed by atoms with van der Waals surface area (Å²) in [6.45, 7) is 10.3. The third-order valence-corrected chi connectivity index (χ3v) is 4.44. The third-order valence-electron chi connectivity index (χ3n) is 3.94. The van der Waals surface area contributed by atoms with Crippen molar-refractivity contribution >= 4 is 11.8 Å². The summed E-state index contributed by atoms with van der Waals surface area (Å²) in [5.41, 5.74) is 3.26. The molecule has 0 aliphatic heterocycles. The Morgan fingerprint density at radius 3 is 2.21 bits per heavy atom. The van der Waals surface area contributed by atoms with E-state index in [0.29, 0.717) is 5.41 Å². The van der Waals surface area contributed by atoms with E-state index in [1.165, 1.54) is 24.0 Å². The van der Waals surface area contributed by atoms with Crippen molar-refractivity contribution in [1.29, 1.82) is 0 Å². The zero-order chi connectivity index (χ0) is 14.3. The van der Waals surface area contributed by atoms with Gasteiger partial charge in [0, 0.05) is 12.4 Å². The highest BCUT2D eigenvalue weighted by atomic mass is 32.2. The molecule has 1 N–H and O–H groups in total. The average Bonchev–Trinajstić information content (AvgIpc) is 2.36. The number of hydrogen-bond acceptors (Lipinski definition) is 2. The first-order valence-corrected chi connectivity index (χ1v) is 8.60. The molecule has 0 aliphatic rings. The van der Waals surface area contributed by atoms with Crippen LogP contribution in [0.5, 0.6) is 0 Å². The van der Waals surface area contributed by atoms with Gasteiger partial charge in [-0.1, -0.05) is 52.0 Å². The molecule has 19 heavy (non-hydrogen) atoms. The zero-order valence-electron chi connectivity index (χ0n) is 13.1. The van der Waals surface area contributed by atoms with Crippen LogP contribution in [0.3, 0.4) is 0 Å². The topological polar surface area (TPSA) is 12.0 Å². The van der Waals surface area contributed by atoms with Crippen LogP contribution in [0.2, 0.25) is 0 Å². The molecule has 2 heteroatoms. The van der Waals surface area contributed by atoms with Crippen molar-refractivity contribution in [3.05, 3.63) is 35.4 Å². The molecule has 0 fully saturated rings. The second kappa shape index (κ2) is 7.96. The van der Waals surface area contributed by atoms with Crippen LogP contribution in [-0.2, 0) is 13.0 Å². The Morgan fingerprint density at radius 2 is 1.68 bits per heavy atom. The predicted octanol–water partition coefficient (Wildman–Crippen LogP) is 4.71. The van der Waals surface area contributed by atoms with E-state index in [1.807, 2.05) is 11.8 Å². The van der Waals surface area contributed by atoms with Crippen LogP contribution < -0.4 is 5.32 Å². The Bertz CT molecular complexity index is 351. The lowest BCUT2D eigenvalue weighted by Gasteiger charge is -2.27. The Hall–Kier alpha value is -0.470. The second-order valence-corrected chi connectivity index (χ2v) is 7.35. The molecule has 0 heterocycles. The lowest BCUT2D eigenvalue weighted by Crippen LogP contribution is -2.17.